The van der Waals surface area contributed by atoms with Crippen LogP contribution in [-0.4, -0.2) is 40.1 Å². The number of amides is 2. The fourth-order valence-corrected chi connectivity index (χ4v) is 2.80. The number of aliphatic hydroxyl groups is 1. The summed E-state index contributed by atoms with van der Waals surface area (Å²) < 4.78 is 0. The van der Waals surface area contributed by atoms with E-state index in [-0.39, 0.29) is 10.6 Å². The molecule has 0 aliphatic rings. The number of hydrazine groups is 1. The highest BCUT2D eigenvalue weighted by molar-refractivity contribution is 7.99. The Bertz CT molecular complexity index is 542. The number of carbonyl (C=O) groups is 2. The van der Waals surface area contributed by atoms with Crippen molar-refractivity contribution in [1.29, 1.82) is 0 Å². The molecule has 0 spiro atoms. The van der Waals surface area contributed by atoms with Gasteiger partial charge in [0.2, 0.25) is 0 Å². The number of aliphatic hydroxyl groups excluding tert-OH is 1. The van der Waals surface area contributed by atoms with Crippen molar-refractivity contribution in [2.45, 2.75) is 37.7 Å². The smallest absolute Gasteiger partial charge is 0.271 e. The Labute approximate surface area is 145 Å². The zero-order chi connectivity index (χ0) is 17.4. The molecule has 2 amide bonds. The summed E-state index contributed by atoms with van der Waals surface area (Å²) in [5, 5.41) is 10.6. The molecule has 0 saturated carbocycles. The Kier molecular flexibility index (Phi) is 8.40. The van der Waals surface area contributed by atoms with E-state index >= 15 is 0 Å². The summed E-state index contributed by atoms with van der Waals surface area (Å²) in [7, 11) is 0. The lowest BCUT2D eigenvalue weighted by molar-refractivity contribution is -0.131. The highest BCUT2D eigenvalue weighted by Gasteiger charge is 2.23. The van der Waals surface area contributed by atoms with Gasteiger partial charge in [-0.15, -0.1) is 0 Å². The van der Waals surface area contributed by atoms with Gasteiger partial charge >= 0.3 is 0 Å². The van der Waals surface area contributed by atoms with E-state index in [4.69, 9.17) is 17.3 Å². The van der Waals surface area contributed by atoms with Crippen LogP contribution in [0.15, 0.2) is 24.3 Å². The van der Waals surface area contributed by atoms with Crippen LogP contribution in [0.1, 0.15) is 30.6 Å². The molecule has 2 atom stereocenters. The fourth-order valence-electron chi connectivity index (χ4n) is 1.70. The number of halogens is 1. The summed E-state index contributed by atoms with van der Waals surface area (Å²) in [6, 6.07) is 5.73. The van der Waals surface area contributed by atoms with E-state index in [0.29, 0.717) is 11.7 Å². The van der Waals surface area contributed by atoms with Crippen molar-refractivity contribution in [3.05, 3.63) is 34.9 Å². The van der Waals surface area contributed by atoms with Gasteiger partial charge < -0.3 is 10.8 Å². The molecule has 1 rings (SSSR count). The van der Waals surface area contributed by atoms with Crippen LogP contribution in [0.2, 0.25) is 5.02 Å². The highest BCUT2D eigenvalue weighted by Crippen LogP contribution is 2.14. The van der Waals surface area contributed by atoms with Gasteiger partial charge in [0.05, 0.1) is 10.6 Å². The third-order valence-corrected chi connectivity index (χ3v) is 4.46. The average molecular weight is 360 g/mol. The Morgan fingerprint density at radius 3 is 2.57 bits per heavy atom. The number of carbonyl (C=O) groups excluding carboxylic acids is 2. The first-order chi connectivity index (χ1) is 10.8. The van der Waals surface area contributed by atoms with Crippen LogP contribution in [0.25, 0.3) is 0 Å². The van der Waals surface area contributed by atoms with Crippen LogP contribution in [0, 0.1) is 0 Å². The largest absolute Gasteiger partial charge is 0.382 e. The average Bonchev–Trinajstić information content (AvgIpc) is 2.51. The molecule has 0 aliphatic heterocycles. The molecule has 0 fully saturated rings. The molecule has 5 N–H and O–H groups in total. The first-order valence-corrected chi connectivity index (χ1v) is 8.65. The second-order valence-corrected chi connectivity index (χ2v) is 7.33. The van der Waals surface area contributed by atoms with Crippen LogP contribution in [0.3, 0.4) is 0 Å². The molecule has 0 radical (unpaired) electrons. The molecule has 1 aromatic rings. The first-order valence-electron chi connectivity index (χ1n) is 7.23. The zero-order valence-corrected chi connectivity index (χ0v) is 14.7. The van der Waals surface area contributed by atoms with E-state index in [1.807, 2.05) is 0 Å². The quantitative estimate of drug-likeness (QED) is 0.550. The van der Waals surface area contributed by atoms with Crippen molar-refractivity contribution in [1.82, 2.24) is 10.9 Å². The lowest BCUT2D eigenvalue weighted by atomic mass is 10.1. The molecular weight excluding hydrogens is 338 g/mol. The maximum Gasteiger partial charge on any atom is 0.271 e. The number of benzene rings is 1. The zero-order valence-electron chi connectivity index (χ0n) is 13.1. The van der Waals surface area contributed by atoms with Gasteiger partial charge in [-0.1, -0.05) is 37.6 Å². The van der Waals surface area contributed by atoms with Gasteiger partial charge in [0.15, 0.2) is 0 Å². The predicted molar refractivity (Wildman–Crippen MR) is 93.3 cm³/mol. The number of nitrogens with one attached hydrogen (secondary N) is 2. The topological polar surface area (TPSA) is 104 Å². The predicted octanol–water partition coefficient (Wildman–Crippen LogP) is 1.32. The summed E-state index contributed by atoms with van der Waals surface area (Å²) >= 11 is 7.58. The van der Waals surface area contributed by atoms with Gasteiger partial charge in [0, 0.05) is 6.04 Å². The van der Waals surface area contributed by atoms with Crippen molar-refractivity contribution in [3.8, 4) is 0 Å². The van der Waals surface area contributed by atoms with Crippen molar-refractivity contribution in [2.24, 2.45) is 5.73 Å². The van der Waals surface area contributed by atoms with Crippen molar-refractivity contribution >= 4 is 35.2 Å². The Hall–Kier alpha value is -1.28. The summed E-state index contributed by atoms with van der Waals surface area (Å²) in [6.07, 6.45) is -0.898. The number of thioether (sulfide) groups is 1. The van der Waals surface area contributed by atoms with Gasteiger partial charge in [0.25, 0.3) is 11.8 Å². The van der Waals surface area contributed by atoms with E-state index in [1.54, 1.807) is 30.0 Å². The monoisotopic (exact) mass is 359 g/mol. The second-order valence-electron chi connectivity index (χ2n) is 5.24. The summed E-state index contributed by atoms with van der Waals surface area (Å²) in [5.74, 6) is -0.581. The molecule has 23 heavy (non-hydrogen) atoms. The van der Waals surface area contributed by atoms with E-state index in [1.165, 1.54) is 6.07 Å². The molecule has 128 valence electrons. The lowest BCUT2D eigenvalue weighted by Gasteiger charge is -2.19. The van der Waals surface area contributed by atoms with Crippen LogP contribution < -0.4 is 16.6 Å². The lowest BCUT2D eigenvalue weighted by Crippen LogP contribution is -2.52. The van der Waals surface area contributed by atoms with Crippen molar-refractivity contribution in [3.63, 3.8) is 0 Å². The molecule has 0 saturated heterocycles. The summed E-state index contributed by atoms with van der Waals surface area (Å²) in [6.45, 7) is 4.12. The minimum atomic E-state index is -1.39. The fraction of sp³-hybridized carbons (Fsp3) is 0.467. The maximum atomic E-state index is 11.9. The second kappa shape index (κ2) is 9.77. The molecule has 6 nitrogen and oxygen atoms in total. The number of rotatable bonds is 7. The number of hydrogen-bond acceptors (Lipinski definition) is 5. The SMILES string of the molecule is CC(C)SCC[C@@H](N)C(O)C(=O)NNC(=O)c1ccccc1Cl. The van der Waals surface area contributed by atoms with E-state index < -0.39 is 24.0 Å². The summed E-state index contributed by atoms with van der Waals surface area (Å²) in [4.78, 5) is 23.7. The van der Waals surface area contributed by atoms with Gasteiger partial charge in [-0.3, -0.25) is 20.4 Å². The number of nitrogens with two attached hydrogens (primary N) is 1. The molecule has 0 aromatic heterocycles. The van der Waals surface area contributed by atoms with Gasteiger partial charge in [-0.05, 0) is 29.6 Å². The van der Waals surface area contributed by atoms with Crippen LogP contribution in [0.5, 0.6) is 0 Å². The Morgan fingerprint density at radius 1 is 1.30 bits per heavy atom. The third-order valence-electron chi connectivity index (χ3n) is 2.99. The molecule has 0 bridgehead atoms. The Balaban J connectivity index is 2.43. The maximum absolute atomic E-state index is 11.9. The standard InChI is InChI=1S/C15H22ClN3O3S/c1-9(2)23-8-7-12(17)13(20)15(22)19-18-14(21)10-5-3-4-6-11(10)16/h3-6,9,12-13,20H,7-8,17H2,1-2H3,(H,18,21)(H,19,22)/t12-,13?/m1/s1. The highest BCUT2D eigenvalue weighted by atomic mass is 35.5. The third kappa shape index (κ3) is 6.78. The minimum absolute atomic E-state index is 0.224. The Morgan fingerprint density at radius 2 is 1.96 bits per heavy atom. The normalized spacial score (nSPS) is 13.5. The van der Waals surface area contributed by atoms with Crippen LogP contribution in [-0.2, 0) is 4.79 Å². The molecule has 0 heterocycles. The van der Waals surface area contributed by atoms with Crippen molar-refractivity contribution in [2.75, 3.05) is 5.75 Å². The summed E-state index contributed by atoms with van der Waals surface area (Å²) in [5.41, 5.74) is 10.4. The minimum Gasteiger partial charge on any atom is -0.382 e. The van der Waals surface area contributed by atoms with E-state index in [9.17, 15) is 14.7 Å². The van der Waals surface area contributed by atoms with Crippen LogP contribution in [0.4, 0.5) is 0 Å². The van der Waals surface area contributed by atoms with Crippen molar-refractivity contribution < 1.29 is 14.7 Å². The van der Waals surface area contributed by atoms with Gasteiger partial charge in [-0.2, -0.15) is 11.8 Å². The molecule has 1 unspecified atom stereocenters. The van der Waals surface area contributed by atoms with E-state index in [2.05, 4.69) is 24.7 Å². The molecule has 0 aliphatic carbocycles. The molecule has 8 heteroatoms. The molecule has 1 aromatic carbocycles. The number of hydrogen-bond donors (Lipinski definition) is 4. The van der Waals surface area contributed by atoms with Gasteiger partial charge in [-0.25, -0.2) is 0 Å². The van der Waals surface area contributed by atoms with Gasteiger partial charge in [0.1, 0.15) is 6.10 Å². The first kappa shape index (κ1) is 19.8. The molecular formula is C15H22ClN3O3S. The van der Waals surface area contributed by atoms with Crippen LogP contribution >= 0.6 is 23.4 Å². The van der Waals surface area contributed by atoms with E-state index in [0.717, 1.165) is 5.75 Å².